The van der Waals surface area contributed by atoms with E-state index in [9.17, 15) is 9.59 Å². The average Bonchev–Trinajstić information content (AvgIpc) is 3.17. The molecule has 0 aromatic heterocycles. The molecule has 7 heteroatoms. The van der Waals surface area contributed by atoms with E-state index in [0.29, 0.717) is 32.1 Å². The number of rotatable bonds is 6. The van der Waals surface area contributed by atoms with Crippen LogP contribution in [0.5, 0.6) is 0 Å². The number of benzene rings is 2. The predicted octanol–water partition coefficient (Wildman–Crippen LogP) is 6.04. The molecule has 0 aliphatic carbocycles. The van der Waals surface area contributed by atoms with Crippen molar-refractivity contribution >= 4 is 68.7 Å². The molecule has 2 aliphatic heterocycles. The Labute approximate surface area is 190 Å². The SMILES string of the molecule is CCCCCCN1C(=O)C(=C2SC(=S)N(c3cccc(Cl)c3)C2=O)c2ccccc21. The maximum atomic E-state index is 13.4. The molecule has 2 amide bonds. The van der Waals surface area contributed by atoms with E-state index in [-0.39, 0.29) is 11.8 Å². The Morgan fingerprint density at radius 1 is 1.00 bits per heavy atom. The van der Waals surface area contributed by atoms with Crippen LogP contribution in [0.3, 0.4) is 0 Å². The van der Waals surface area contributed by atoms with Crippen molar-refractivity contribution in [2.45, 2.75) is 32.6 Å². The summed E-state index contributed by atoms with van der Waals surface area (Å²) in [5.41, 5.74) is 2.71. The summed E-state index contributed by atoms with van der Waals surface area (Å²) in [6.45, 7) is 2.81. The third-order valence-corrected chi connectivity index (χ3v) is 6.83. The maximum absolute atomic E-state index is 13.4. The molecule has 1 saturated heterocycles. The van der Waals surface area contributed by atoms with Gasteiger partial charge in [-0.3, -0.25) is 14.5 Å². The van der Waals surface area contributed by atoms with Crippen molar-refractivity contribution in [3.63, 3.8) is 0 Å². The minimum atomic E-state index is -0.279. The number of fused-ring (bicyclic) bond motifs is 1. The Hall–Kier alpha value is -2.15. The van der Waals surface area contributed by atoms with Crippen molar-refractivity contribution in [2.75, 3.05) is 16.3 Å². The maximum Gasteiger partial charge on any atom is 0.271 e. The van der Waals surface area contributed by atoms with Crippen molar-refractivity contribution in [1.29, 1.82) is 0 Å². The Bertz CT molecular complexity index is 1070. The fourth-order valence-corrected chi connectivity index (χ4v) is 5.33. The Morgan fingerprint density at radius 3 is 2.57 bits per heavy atom. The van der Waals surface area contributed by atoms with Gasteiger partial charge in [0.2, 0.25) is 0 Å². The number of anilines is 2. The Morgan fingerprint density at radius 2 is 1.80 bits per heavy atom. The van der Waals surface area contributed by atoms with Crippen LogP contribution in [0.2, 0.25) is 5.02 Å². The lowest BCUT2D eigenvalue weighted by molar-refractivity contribution is -0.115. The number of hydrogen-bond donors (Lipinski definition) is 0. The summed E-state index contributed by atoms with van der Waals surface area (Å²) in [5, 5.41) is 0.523. The van der Waals surface area contributed by atoms with Gasteiger partial charge in [-0.15, -0.1) is 0 Å². The molecule has 0 atom stereocenters. The summed E-state index contributed by atoms with van der Waals surface area (Å²) < 4.78 is 0.399. The zero-order chi connectivity index (χ0) is 21.3. The summed E-state index contributed by atoms with van der Waals surface area (Å²) in [6, 6.07) is 14.7. The molecule has 4 rings (SSSR count). The van der Waals surface area contributed by atoms with E-state index in [0.717, 1.165) is 36.9 Å². The van der Waals surface area contributed by atoms with Crippen LogP contribution in [0.4, 0.5) is 11.4 Å². The Kier molecular flexibility index (Phi) is 6.27. The quantitative estimate of drug-likeness (QED) is 0.301. The van der Waals surface area contributed by atoms with Gasteiger partial charge in [0.15, 0.2) is 4.32 Å². The van der Waals surface area contributed by atoms with Gasteiger partial charge in [-0.2, -0.15) is 0 Å². The number of thioether (sulfide) groups is 1. The van der Waals surface area contributed by atoms with Gasteiger partial charge in [0, 0.05) is 17.1 Å². The molecule has 0 bridgehead atoms. The first kappa shape index (κ1) is 21.1. The number of para-hydroxylation sites is 1. The zero-order valence-corrected chi connectivity index (χ0v) is 18.9. The molecule has 0 spiro atoms. The number of nitrogens with zero attached hydrogens (tertiary/aromatic N) is 2. The lowest BCUT2D eigenvalue weighted by Crippen LogP contribution is -2.29. The molecule has 2 heterocycles. The van der Waals surface area contributed by atoms with Gasteiger partial charge in [0.25, 0.3) is 11.8 Å². The second-order valence-corrected chi connectivity index (χ2v) is 9.31. The third kappa shape index (κ3) is 3.80. The smallest absolute Gasteiger partial charge is 0.271 e. The van der Waals surface area contributed by atoms with E-state index in [1.165, 1.54) is 16.7 Å². The summed E-state index contributed by atoms with van der Waals surface area (Å²) >= 11 is 12.8. The molecule has 0 saturated carbocycles. The highest BCUT2D eigenvalue weighted by Crippen LogP contribution is 2.45. The largest absolute Gasteiger partial charge is 0.308 e. The van der Waals surface area contributed by atoms with E-state index >= 15 is 0 Å². The van der Waals surface area contributed by atoms with Crippen LogP contribution >= 0.6 is 35.6 Å². The Balaban J connectivity index is 1.71. The molecule has 2 aliphatic rings. The number of unbranched alkanes of at least 4 members (excludes halogenated alkanes) is 3. The van der Waals surface area contributed by atoms with Crippen LogP contribution in [0, 0.1) is 0 Å². The van der Waals surface area contributed by atoms with Gasteiger partial charge < -0.3 is 4.90 Å². The molecule has 0 unspecified atom stereocenters. The highest BCUT2D eigenvalue weighted by molar-refractivity contribution is 8.27. The summed E-state index contributed by atoms with van der Waals surface area (Å²) in [6.07, 6.45) is 4.30. The van der Waals surface area contributed by atoms with Gasteiger partial charge >= 0.3 is 0 Å². The molecule has 30 heavy (non-hydrogen) atoms. The number of halogens is 1. The van der Waals surface area contributed by atoms with E-state index in [2.05, 4.69) is 6.92 Å². The molecular weight excluding hydrogens is 436 g/mol. The first-order valence-electron chi connectivity index (χ1n) is 10.00. The zero-order valence-electron chi connectivity index (χ0n) is 16.6. The fourth-order valence-electron chi connectivity index (χ4n) is 3.78. The summed E-state index contributed by atoms with van der Waals surface area (Å²) in [4.78, 5) is 30.3. The topological polar surface area (TPSA) is 40.6 Å². The van der Waals surface area contributed by atoms with E-state index in [1.807, 2.05) is 24.3 Å². The first-order valence-corrected chi connectivity index (χ1v) is 11.6. The monoisotopic (exact) mass is 456 g/mol. The van der Waals surface area contributed by atoms with Crippen LogP contribution in [0.15, 0.2) is 53.4 Å². The second-order valence-electron chi connectivity index (χ2n) is 7.23. The molecule has 0 radical (unpaired) electrons. The number of thiocarbonyl (C=S) groups is 1. The standard InChI is InChI=1S/C23H21ClN2O2S2/c1-2-3-4-7-13-25-18-12-6-5-11-17(18)19(21(25)27)20-22(28)26(23(29)30-20)16-10-8-9-15(24)14-16/h5-6,8-12,14H,2-4,7,13H2,1H3. The fraction of sp³-hybridized carbons (Fsp3) is 0.261. The number of carbonyl (C=O) groups excluding carboxylic acids is 2. The van der Waals surface area contributed by atoms with E-state index in [4.69, 9.17) is 23.8 Å². The predicted molar refractivity (Wildman–Crippen MR) is 129 cm³/mol. The molecule has 154 valence electrons. The van der Waals surface area contributed by atoms with Crippen LogP contribution in [-0.4, -0.2) is 22.7 Å². The number of hydrogen-bond acceptors (Lipinski definition) is 4. The van der Waals surface area contributed by atoms with Crippen LogP contribution in [0.25, 0.3) is 5.57 Å². The van der Waals surface area contributed by atoms with Crippen LogP contribution in [-0.2, 0) is 9.59 Å². The van der Waals surface area contributed by atoms with Crippen molar-refractivity contribution in [1.82, 2.24) is 0 Å². The number of amides is 2. The van der Waals surface area contributed by atoms with Gasteiger partial charge in [-0.1, -0.05) is 86.0 Å². The molecule has 0 N–H and O–H groups in total. The third-order valence-electron chi connectivity index (χ3n) is 5.22. The average molecular weight is 457 g/mol. The van der Waals surface area contributed by atoms with Crippen LogP contribution in [0.1, 0.15) is 38.2 Å². The van der Waals surface area contributed by atoms with Gasteiger partial charge in [0.1, 0.15) is 0 Å². The highest BCUT2D eigenvalue weighted by atomic mass is 35.5. The van der Waals surface area contributed by atoms with E-state index < -0.39 is 0 Å². The lowest BCUT2D eigenvalue weighted by atomic mass is 10.1. The normalized spacial score (nSPS) is 18.5. The van der Waals surface area contributed by atoms with Crippen molar-refractivity contribution in [3.8, 4) is 0 Å². The molecule has 1 fully saturated rings. The summed E-state index contributed by atoms with van der Waals surface area (Å²) in [7, 11) is 0. The lowest BCUT2D eigenvalue weighted by Gasteiger charge is -2.17. The number of carbonyl (C=O) groups is 2. The van der Waals surface area contributed by atoms with E-state index in [1.54, 1.807) is 29.2 Å². The first-order chi connectivity index (χ1) is 14.5. The van der Waals surface area contributed by atoms with Crippen molar-refractivity contribution in [2.24, 2.45) is 0 Å². The molecule has 4 nitrogen and oxygen atoms in total. The second kappa shape index (κ2) is 8.92. The summed E-state index contributed by atoms with van der Waals surface area (Å²) in [5.74, 6) is -0.405. The van der Waals surface area contributed by atoms with Crippen molar-refractivity contribution in [3.05, 3.63) is 64.0 Å². The molecular formula is C23H21ClN2O2S2. The van der Waals surface area contributed by atoms with Crippen LogP contribution < -0.4 is 9.80 Å². The molecule has 2 aromatic carbocycles. The molecule has 2 aromatic rings. The van der Waals surface area contributed by atoms with Gasteiger partial charge in [-0.25, -0.2) is 0 Å². The minimum absolute atomic E-state index is 0.126. The van der Waals surface area contributed by atoms with Crippen molar-refractivity contribution < 1.29 is 9.59 Å². The van der Waals surface area contributed by atoms with Gasteiger partial charge in [-0.05, 0) is 30.7 Å². The van der Waals surface area contributed by atoms with Gasteiger partial charge in [0.05, 0.1) is 21.9 Å². The highest BCUT2D eigenvalue weighted by Gasteiger charge is 2.42. The minimum Gasteiger partial charge on any atom is -0.308 e.